The number of nitrogens with zero attached hydrogens (tertiary/aromatic N) is 5. The number of benzene rings is 1. The van der Waals surface area contributed by atoms with E-state index in [9.17, 15) is 40.7 Å². The molecule has 1 atom stereocenters. The SMILES string of the molecule is C[N+](C)(C)CC(=O)N[C@@H](CCCCNC(=O)Cn1nnc(-c2ccccc2)n1)C(=O)NN.O=C(O)C(F)(F)F.O=C([O-])C(F)(F)F. The maximum Gasteiger partial charge on any atom is 0.490 e. The van der Waals surface area contributed by atoms with Crippen LogP contribution < -0.4 is 27.0 Å². The summed E-state index contributed by atoms with van der Waals surface area (Å²) in [5.74, 6) is -1.00. The molecule has 0 unspecified atom stereocenters. The molecular weight excluding hydrogens is 640 g/mol. The Morgan fingerprint density at radius 3 is 1.98 bits per heavy atom. The summed E-state index contributed by atoms with van der Waals surface area (Å²) in [5, 5.41) is 33.5. The Bertz CT molecular complexity index is 1260. The Kier molecular flexibility index (Phi) is 16.8. The van der Waals surface area contributed by atoms with E-state index in [1.54, 1.807) is 0 Å². The molecule has 0 bridgehead atoms. The number of tetrazole rings is 1. The van der Waals surface area contributed by atoms with Crippen LogP contribution in [-0.4, -0.2) is 112 Å². The first-order valence-electron chi connectivity index (χ1n) is 12.8. The molecule has 3 amide bonds. The number of quaternary nitrogens is 1. The van der Waals surface area contributed by atoms with E-state index in [1.165, 1.54) is 4.80 Å². The summed E-state index contributed by atoms with van der Waals surface area (Å²) in [4.78, 5) is 55.1. The van der Waals surface area contributed by atoms with Gasteiger partial charge in [-0.2, -0.15) is 31.1 Å². The molecule has 1 aromatic carbocycles. The molecule has 46 heavy (non-hydrogen) atoms. The van der Waals surface area contributed by atoms with Crippen LogP contribution in [0.15, 0.2) is 30.3 Å². The topological polar surface area (TPSA) is 234 Å². The van der Waals surface area contributed by atoms with Gasteiger partial charge in [0, 0.05) is 12.1 Å². The van der Waals surface area contributed by atoms with Crippen molar-refractivity contribution in [3.8, 4) is 11.4 Å². The molecule has 0 aliphatic heterocycles. The average molecular weight is 674 g/mol. The number of unbranched alkanes of at least 4 members (excludes halogenated alkanes) is 1. The number of hydrogen-bond acceptors (Lipinski definition) is 10. The largest absolute Gasteiger partial charge is 0.542 e. The molecule has 22 heteroatoms. The van der Waals surface area contributed by atoms with E-state index in [2.05, 4.69) is 31.5 Å². The van der Waals surface area contributed by atoms with E-state index >= 15 is 0 Å². The second kappa shape index (κ2) is 18.8. The van der Waals surface area contributed by atoms with Crippen LogP contribution >= 0.6 is 0 Å². The Morgan fingerprint density at radius 2 is 1.52 bits per heavy atom. The van der Waals surface area contributed by atoms with Crippen LogP contribution in [0.5, 0.6) is 0 Å². The van der Waals surface area contributed by atoms with E-state index in [0.29, 0.717) is 36.1 Å². The summed E-state index contributed by atoms with van der Waals surface area (Å²) >= 11 is 0. The molecule has 16 nitrogen and oxygen atoms in total. The highest BCUT2D eigenvalue weighted by atomic mass is 19.4. The van der Waals surface area contributed by atoms with E-state index in [1.807, 2.05) is 51.5 Å². The van der Waals surface area contributed by atoms with Gasteiger partial charge in [-0.05, 0) is 24.5 Å². The van der Waals surface area contributed by atoms with Crippen molar-refractivity contribution in [3.63, 3.8) is 0 Å². The standard InChI is InChI=1S/C20H31N9O3.2C2HF3O2/c1-29(2,3)14-18(31)23-16(20(32)24-21)11-7-8-12-22-17(30)13-28-26-19(25-27-28)15-9-5-4-6-10-15;2*3-2(4,5)1(6)7/h4-6,9-10,16H,7-8,11-14H2,1-3H3,(H4-,21,22,23,24,25,26,27,30,31,32);2*(H,6,7)/t16-;;/m0../s1. The maximum absolute atomic E-state index is 12.1. The minimum atomic E-state index is -5.19. The summed E-state index contributed by atoms with van der Waals surface area (Å²) in [6.45, 7) is 0.620. The molecular formula is C24H33F6N9O7. The molecule has 1 heterocycles. The van der Waals surface area contributed by atoms with Gasteiger partial charge in [-0.3, -0.25) is 19.8 Å². The molecule has 0 saturated carbocycles. The number of amides is 3. The van der Waals surface area contributed by atoms with Gasteiger partial charge in [0.05, 0.1) is 21.1 Å². The van der Waals surface area contributed by atoms with Crippen LogP contribution in [0.4, 0.5) is 26.3 Å². The third-order valence-corrected chi connectivity index (χ3v) is 4.90. The number of aromatic nitrogens is 4. The fourth-order valence-electron chi connectivity index (χ4n) is 2.94. The number of rotatable bonds is 12. The van der Waals surface area contributed by atoms with Gasteiger partial charge in [0.15, 0.2) is 6.54 Å². The number of carbonyl (C=O) groups is 5. The van der Waals surface area contributed by atoms with E-state index < -0.39 is 36.2 Å². The predicted molar refractivity (Wildman–Crippen MR) is 142 cm³/mol. The van der Waals surface area contributed by atoms with Crippen molar-refractivity contribution < 1.29 is 65.0 Å². The van der Waals surface area contributed by atoms with Gasteiger partial charge in [0.25, 0.3) is 11.8 Å². The maximum atomic E-state index is 12.1. The lowest BCUT2D eigenvalue weighted by atomic mass is 10.1. The zero-order valence-electron chi connectivity index (χ0n) is 24.7. The molecule has 2 aromatic rings. The Hall–Kier alpha value is -4.86. The molecule has 0 aliphatic rings. The van der Waals surface area contributed by atoms with Crippen LogP contribution in [0, 0.1) is 0 Å². The summed E-state index contributed by atoms with van der Waals surface area (Å²) in [7, 11) is 5.66. The van der Waals surface area contributed by atoms with E-state index in [4.69, 9.17) is 25.6 Å². The smallest absolute Gasteiger partial charge is 0.490 e. The second-order valence-electron chi connectivity index (χ2n) is 10.0. The van der Waals surface area contributed by atoms with E-state index in [0.717, 1.165) is 5.56 Å². The zero-order valence-corrected chi connectivity index (χ0v) is 24.7. The van der Waals surface area contributed by atoms with Crippen molar-refractivity contribution in [2.24, 2.45) is 5.84 Å². The number of carboxylic acids is 2. The Balaban J connectivity index is 0.00000120. The number of aliphatic carboxylic acids is 2. The third kappa shape index (κ3) is 18.7. The lowest BCUT2D eigenvalue weighted by Gasteiger charge is -2.24. The number of hydrazine groups is 1. The predicted octanol–water partition coefficient (Wildman–Crippen LogP) is -1.26. The van der Waals surface area contributed by atoms with Crippen molar-refractivity contribution in [1.29, 1.82) is 0 Å². The van der Waals surface area contributed by atoms with Crippen LogP contribution in [0.1, 0.15) is 19.3 Å². The normalized spacial score (nSPS) is 11.9. The van der Waals surface area contributed by atoms with Gasteiger partial charge < -0.3 is 30.1 Å². The molecule has 1 aromatic heterocycles. The molecule has 2 rings (SSSR count). The van der Waals surface area contributed by atoms with Crippen molar-refractivity contribution in [1.82, 2.24) is 36.3 Å². The fraction of sp³-hybridized carbons (Fsp3) is 0.500. The Labute approximate surface area is 257 Å². The van der Waals surface area contributed by atoms with Crippen LogP contribution in [0.2, 0.25) is 0 Å². The summed E-state index contributed by atoms with van der Waals surface area (Å²) in [6, 6.07) is 8.66. The number of hydrogen-bond donors (Lipinski definition) is 5. The number of halogens is 6. The van der Waals surface area contributed by atoms with Gasteiger partial charge in [-0.15, -0.1) is 10.2 Å². The number of nitrogens with two attached hydrogens (primary N) is 1. The molecule has 0 fully saturated rings. The summed E-state index contributed by atoms with van der Waals surface area (Å²) in [6.07, 6.45) is -8.62. The lowest BCUT2D eigenvalue weighted by Crippen LogP contribution is -2.52. The number of alkyl halides is 6. The molecule has 258 valence electrons. The minimum Gasteiger partial charge on any atom is -0.542 e. The molecule has 0 radical (unpaired) electrons. The van der Waals surface area contributed by atoms with Crippen molar-refractivity contribution in [3.05, 3.63) is 30.3 Å². The highest BCUT2D eigenvalue weighted by Gasteiger charge is 2.38. The van der Waals surface area contributed by atoms with Gasteiger partial charge >= 0.3 is 18.3 Å². The zero-order chi connectivity index (χ0) is 35.7. The van der Waals surface area contributed by atoms with E-state index in [-0.39, 0.29) is 24.9 Å². The van der Waals surface area contributed by atoms with Crippen LogP contribution in [0.3, 0.4) is 0 Å². The monoisotopic (exact) mass is 673 g/mol. The van der Waals surface area contributed by atoms with Crippen molar-refractivity contribution in [2.45, 2.75) is 44.2 Å². The quantitative estimate of drug-likeness (QED) is 0.0445. The molecule has 0 saturated heterocycles. The minimum absolute atomic E-state index is 0.0425. The fourth-order valence-corrected chi connectivity index (χ4v) is 2.94. The summed E-state index contributed by atoms with van der Waals surface area (Å²) in [5.41, 5.74) is 2.91. The Morgan fingerprint density at radius 1 is 0.978 bits per heavy atom. The molecule has 0 spiro atoms. The average Bonchev–Trinajstić information content (AvgIpc) is 3.39. The number of likely N-dealkylation sites (N-methyl/N-ethyl adjacent to an activating group) is 1. The summed E-state index contributed by atoms with van der Waals surface area (Å²) < 4.78 is 63.7. The van der Waals surface area contributed by atoms with Crippen LogP contribution in [-0.2, 0) is 30.5 Å². The van der Waals surface area contributed by atoms with Gasteiger partial charge in [0.1, 0.15) is 18.6 Å². The van der Waals surface area contributed by atoms with Gasteiger partial charge in [0.2, 0.25) is 11.7 Å². The first-order valence-corrected chi connectivity index (χ1v) is 12.8. The number of nitrogens with one attached hydrogen (secondary N) is 3. The van der Waals surface area contributed by atoms with Crippen molar-refractivity contribution >= 4 is 29.7 Å². The number of carboxylic acid groups (broad SMARTS) is 2. The second-order valence-corrected chi connectivity index (χ2v) is 10.0. The van der Waals surface area contributed by atoms with Crippen molar-refractivity contribution in [2.75, 3.05) is 34.2 Å². The first kappa shape index (κ1) is 41.1. The van der Waals surface area contributed by atoms with Gasteiger partial charge in [-0.1, -0.05) is 30.3 Å². The van der Waals surface area contributed by atoms with Gasteiger partial charge in [-0.25, -0.2) is 10.6 Å². The highest BCUT2D eigenvalue weighted by molar-refractivity contribution is 5.87. The molecule has 6 N–H and O–H groups in total. The lowest BCUT2D eigenvalue weighted by molar-refractivity contribution is -0.862. The van der Waals surface area contributed by atoms with Crippen LogP contribution in [0.25, 0.3) is 11.4 Å². The highest BCUT2D eigenvalue weighted by Crippen LogP contribution is 2.13. The number of carbonyl (C=O) groups excluding carboxylic acids is 4. The first-order chi connectivity index (χ1) is 21.1. The third-order valence-electron chi connectivity index (χ3n) is 4.90. The molecule has 0 aliphatic carbocycles.